The molecule has 0 saturated heterocycles. The first kappa shape index (κ1) is 17.9. The summed E-state index contributed by atoms with van der Waals surface area (Å²) >= 11 is 0. The van der Waals surface area contributed by atoms with Crippen LogP contribution < -0.4 is 0 Å². The minimum absolute atomic E-state index is 0.0255. The topological polar surface area (TPSA) is 81.4 Å². The van der Waals surface area contributed by atoms with Crippen molar-refractivity contribution in [2.45, 2.75) is 56.9 Å². The molecule has 0 aliphatic heterocycles. The molecule has 0 heterocycles. The predicted octanol–water partition coefficient (Wildman–Crippen LogP) is 2.40. The molecule has 23 heavy (non-hydrogen) atoms. The van der Waals surface area contributed by atoms with E-state index in [2.05, 4.69) is 0 Å². The van der Waals surface area contributed by atoms with E-state index in [1.165, 1.54) is 4.31 Å². The number of benzene rings is 1. The summed E-state index contributed by atoms with van der Waals surface area (Å²) in [5.41, 5.74) is 1.06. The first-order chi connectivity index (χ1) is 10.9. The van der Waals surface area contributed by atoms with Crippen LogP contribution in [0.15, 0.2) is 24.3 Å². The first-order valence-electron chi connectivity index (χ1n) is 8.09. The highest BCUT2D eigenvalue weighted by atomic mass is 32.2. The van der Waals surface area contributed by atoms with Crippen LogP contribution in [0.2, 0.25) is 0 Å². The monoisotopic (exact) mass is 336 g/mol. The molecular formula is C17H24N2O3S. The predicted molar refractivity (Wildman–Crippen MR) is 89.0 cm³/mol. The SMILES string of the molecule is CC(O)CN(C1CCCCC1)S(=O)(=O)Cc1cccc(C#N)c1. The molecule has 2 rings (SSSR count). The highest BCUT2D eigenvalue weighted by molar-refractivity contribution is 7.88. The average Bonchev–Trinajstić information content (AvgIpc) is 2.53. The smallest absolute Gasteiger partial charge is 0.218 e. The Labute approximate surface area is 138 Å². The van der Waals surface area contributed by atoms with Crippen LogP contribution in [0.25, 0.3) is 0 Å². The van der Waals surface area contributed by atoms with Gasteiger partial charge in [0.25, 0.3) is 0 Å². The molecule has 6 heteroatoms. The number of hydrogen-bond acceptors (Lipinski definition) is 4. The third kappa shape index (κ3) is 5.03. The van der Waals surface area contributed by atoms with Gasteiger partial charge in [-0.05, 0) is 37.5 Å². The summed E-state index contributed by atoms with van der Waals surface area (Å²) in [6.45, 7) is 1.74. The molecule has 1 N–H and O–H groups in total. The summed E-state index contributed by atoms with van der Waals surface area (Å²) in [6.07, 6.45) is 4.20. The maximum atomic E-state index is 12.9. The molecule has 126 valence electrons. The number of sulfonamides is 1. The van der Waals surface area contributed by atoms with E-state index in [1.54, 1.807) is 31.2 Å². The quantitative estimate of drug-likeness (QED) is 0.865. The van der Waals surface area contributed by atoms with Crippen LogP contribution in [0.5, 0.6) is 0 Å². The Balaban J connectivity index is 2.22. The van der Waals surface area contributed by atoms with Crippen LogP contribution in [-0.2, 0) is 15.8 Å². The summed E-state index contributed by atoms with van der Waals surface area (Å²) in [5, 5.41) is 18.7. The number of hydrogen-bond donors (Lipinski definition) is 1. The second-order valence-corrected chi connectivity index (χ2v) is 8.20. The highest BCUT2D eigenvalue weighted by Gasteiger charge is 2.31. The Morgan fingerprint density at radius 1 is 1.35 bits per heavy atom. The van der Waals surface area contributed by atoms with E-state index in [-0.39, 0.29) is 18.3 Å². The first-order valence-corrected chi connectivity index (χ1v) is 9.70. The average molecular weight is 336 g/mol. The Hall–Kier alpha value is -1.42. The van der Waals surface area contributed by atoms with Gasteiger partial charge in [0.1, 0.15) is 0 Å². The van der Waals surface area contributed by atoms with Gasteiger partial charge >= 0.3 is 0 Å². The normalized spacial score (nSPS) is 17.8. The second-order valence-electron chi connectivity index (χ2n) is 6.28. The van der Waals surface area contributed by atoms with E-state index in [9.17, 15) is 13.5 Å². The number of nitriles is 1. The van der Waals surface area contributed by atoms with Crippen LogP contribution >= 0.6 is 0 Å². The maximum Gasteiger partial charge on any atom is 0.218 e. The van der Waals surface area contributed by atoms with Gasteiger partial charge in [-0.25, -0.2) is 8.42 Å². The van der Waals surface area contributed by atoms with Crippen molar-refractivity contribution in [3.05, 3.63) is 35.4 Å². The zero-order valence-corrected chi connectivity index (χ0v) is 14.3. The Bertz CT molecular complexity index is 659. The number of nitrogens with zero attached hydrogens (tertiary/aromatic N) is 2. The molecule has 1 unspecified atom stereocenters. The summed E-state index contributed by atoms with van der Waals surface area (Å²) in [7, 11) is -3.53. The third-order valence-corrected chi connectivity index (χ3v) is 6.05. The van der Waals surface area contributed by atoms with Gasteiger partial charge in [0, 0.05) is 12.6 Å². The van der Waals surface area contributed by atoms with Crippen molar-refractivity contribution < 1.29 is 13.5 Å². The zero-order chi connectivity index (χ0) is 16.9. The van der Waals surface area contributed by atoms with Gasteiger partial charge in [-0.15, -0.1) is 0 Å². The lowest BCUT2D eigenvalue weighted by Gasteiger charge is -2.34. The summed E-state index contributed by atoms with van der Waals surface area (Å²) in [5.74, 6) is -0.133. The van der Waals surface area contributed by atoms with Crippen LogP contribution in [-0.4, -0.2) is 36.5 Å². The molecule has 1 saturated carbocycles. The molecule has 0 bridgehead atoms. The Kier molecular flexibility index (Phi) is 6.17. The molecule has 1 aliphatic carbocycles. The molecule has 0 radical (unpaired) electrons. The van der Waals surface area contributed by atoms with E-state index in [0.29, 0.717) is 11.1 Å². The van der Waals surface area contributed by atoms with Crippen LogP contribution in [0, 0.1) is 11.3 Å². The van der Waals surface area contributed by atoms with Gasteiger partial charge in [0.2, 0.25) is 10.0 Å². The van der Waals surface area contributed by atoms with Crippen LogP contribution in [0.1, 0.15) is 50.2 Å². The van der Waals surface area contributed by atoms with Crippen LogP contribution in [0.4, 0.5) is 0 Å². The van der Waals surface area contributed by atoms with Gasteiger partial charge < -0.3 is 5.11 Å². The molecule has 1 fully saturated rings. The van der Waals surface area contributed by atoms with Crippen molar-refractivity contribution in [3.63, 3.8) is 0 Å². The third-order valence-electron chi connectivity index (χ3n) is 4.19. The molecule has 0 spiro atoms. The fourth-order valence-electron chi connectivity index (χ4n) is 3.14. The highest BCUT2D eigenvalue weighted by Crippen LogP contribution is 2.26. The van der Waals surface area contributed by atoms with Crippen molar-refractivity contribution in [2.75, 3.05) is 6.54 Å². The fourth-order valence-corrected chi connectivity index (χ4v) is 5.02. The maximum absolute atomic E-state index is 12.9. The number of rotatable bonds is 6. The number of aliphatic hydroxyl groups is 1. The summed E-state index contributed by atoms with van der Waals surface area (Å²) < 4.78 is 27.2. The molecule has 0 aromatic heterocycles. The molecule has 5 nitrogen and oxygen atoms in total. The van der Waals surface area contributed by atoms with E-state index in [0.717, 1.165) is 32.1 Å². The van der Waals surface area contributed by atoms with E-state index >= 15 is 0 Å². The molecule has 0 amide bonds. The van der Waals surface area contributed by atoms with Gasteiger partial charge in [-0.2, -0.15) is 9.57 Å². The van der Waals surface area contributed by atoms with Crippen molar-refractivity contribution in [2.24, 2.45) is 0 Å². The Morgan fingerprint density at radius 3 is 2.65 bits per heavy atom. The molecule has 1 aromatic carbocycles. The van der Waals surface area contributed by atoms with E-state index in [4.69, 9.17) is 5.26 Å². The minimum atomic E-state index is -3.53. The lowest BCUT2D eigenvalue weighted by atomic mass is 9.95. The van der Waals surface area contributed by atoms with Crippen molar-refractivity contribution in [3.8, 4) is 6.07 Å². The molecular weight excluding hydrogens is 312 g/mol. The largest absolute Gasteiger partial charge is 0.392 e. The fraction of sp³-hybridized carbons (Fsp3) is 0.588. The Morgan fingerprint density at radius 2 is 2.04 bits per heavy atom. The second kappa shape index (κ2) is 7.91. The van der Waals surface area contributed by atoms with Gasteiger partial charge in [0.05, 0.1) is 23.5 Å². The van der Waals surface area contributed by atoms with E-state index < -0.39 is 16.1 Å². The standard InChI is InChI=1S/C17H24N2O3S/c1-14(20)12-19(17-8-3-2-4-9-17)23(21,22)13-16-7-5-6-15(10-16)11-18/h5-7,10,14,17,20H,2-4,8-9,12-13H2,1H3. The zero-order valence-electron chi connectivity index (χ0n) is 13.5. The van der Waals surface area contributed by atoms with E-state index in [1.807, 2.05) is 6.07 Å². The molecule has 1 aliphatic rings. The summed E-state index contributed by atoms with van der Waals surface area (Å²) in [6, 6.07) is 8.69. The van der Waals surface area contributed by atoms with Crippen molar-refractivity contribution >= 4 is 10.0 Å². The van der Waals surface area contributed by atoms with Gasteiger partial charge in [-0.3, -0.25) is 0 Å². The molecule has 1 aromatic rings. The molecule has 1 atom stereocenters. The number of aliphatic hydroxyl groups excluding tert-OH is 1. The van der Waals surface area contributed by atoms with Gasteiger partial charge in [0.15, 0.2) is 0 Å². The summed E-state index contributed by atoms with van der Waals surface area (Å²) in [4.78, 5) is 0. The lowest BCUT2D eigenvalue weighted by molar-refractivity contribution is 0.136. The lowest BCUT2D eigenvalue weighted by Crippen LogP contribution is -2.45. The van der Waals surface area contributed by atoms with Crippen LogP contribution in [0.3, 0.4) is 0 Å². The minimum Gasteiger partial charge on any atom is -0.392 e. The van der Waals surface area contributed by atoms with Crippen molar-refractivity contribution in [1.29, 1.82) is 5.26 Å². The van der Waals surface area contributed by atoms with Gasteiger partial charge in [-0.1, -0.05) is 31.4 Å². The van der Waals surface area contributed by atoms with Crippen molar-refractivity contribution in [1.82, 2.24) is 4.31 Å².